The smallest absolute Gasteiger partial charge is 0.241 e. The SMILES string of the molecule is CCCNS(=O)(=O)NCCc1csc(-c2ccccc2Cl)n1. The maximum absolute atomic E-state index is 11.6. The van der Waals surface area contributed by atoms with Crippen LogP contribution >= 0.6 is 22.9 Å². The Morgan fingerprint density at radius 3 is 2.68 bits per heavy atom. The Morgan fingerprint density at radius 2 is 1.95 bits per heavy atom. The molecule has 0 fully saturated rings. The molecule has 1 heterocycles. The Labute approximate surface area is 139 Å². The van der Waals surface area contributed by atoms with Crippen molar-refractivity contribution < 1.29 is 8.42 Å². The Bertz CT molecular complexity index is 716. The third-order valence-electron chi connectivity index (χ3n) is 2.87. The normalized spacial score (nSPS) is 11.7. The van der Waals surface area contributed by atoms with Crippen molar-refractivity contribution in [1.82, 2.24) is 14.4 Å². The molecule has 0 saturated carbocycles. The van der Waals surface area contributed by atoms with Crippen molar-refractivity contribution in [2.45, 2.75) is 19.8 Å². The highest BCUT2D eigenvalue weighted by Gasteiger charge is 2.10. The van der Waals surface area contributed by atoms with Crippen molar-refractivity contribution in [3.63, 3.8) is 0 Å². The van der Waals surface area contributed by atoms with Crippen molar-refractivity contribution >= 4 is 33.1 Å². The standard InChI is InChI=1S/C14H18ClN3O2S2/c1-2-8-16-22(19,20)17-9-7-11-10-21-14(18-11)12-5-3-4-6-13(12)15/h3-6,10,16-17H,2,7-9H2,1H3. The minimum Gasteiger partial charge on any atom is -0.241 e. The van der Waals surface area contributed by atoms with Gasteiger partial charge in [0.25, 0.3) is 10.2 Å². The first-order valence-corrected chi connectivity index (χ1v) is 9.69. The molecule has 0 aliphatic rings. The van der Waals surface area contributed by atoms with Crippen LogP contribution in [0.4, 0.5) is 0 Å². The van der Waals surface area contributed by atoms with Crippen LogP contribution < -0.4 is 9.44 Å². The van der Waals surface area contributed by atoms with Crippen LogP contribution in [0.25, 0.3) is 10.6 Å². The summed E-state index contributed by atoms with van der Waals surface area (Å²) in [4.78, 5) is 4.50. The number of benzene rings is 1. The van der Waals surface area contributed by atoms with E-state index < -0.39 is 10.2 Å². The van der Waals surface area contributed by atoms with Crippen molar-refractivity contribution in [3.8, 4) is 10.6 Å². The molecule has 2 aromatic rings. The summed E-state index contributed by atoms with van der Waals surface area (Å²) in [5.41, 5.74) is 1.74. The molecule has 22 heavy (non-hydrogen) atoms. The molecule has 1 aromatic heterocycles. The zero-order valence-corrected chi connectivity index (χ0v) is 14.6. The third kappa shape index (κ3) is 5.03. The van der Waals surface area contributed by atoms with Crippen LogP contribution in [0, 0.1) is 0 Å². The largest absolute Gasteiger partial charge is 0.276 e. The zero-order chi connectivity index (χ0) is 16.0. The fourth-order valence-electron chi connectivity index (χ4n) is 1.78. The van der Waals surface area contributed by atoms with Gasteiger partial charge in [-0.25, -0.2) is 14.4 Å². The van der Waals surface area contributed by atoms with Crippen LogP contribution in [0.15, 0.2) is 29.6 Å². The van der Waals surface area contributed by atoms with Crippen molar-refractivity contribution in [2.75, 3.05) is 13.1 Å². The topological polar surface area (TPSA) is 71.1 Å². The minimum atomic E-state index is -3.41. The lowest BCUT2D eigenvalue weighted by atomic mass is 10.2. The number of hydrogen-bond acceptors (Lipinski definition) is 4. The molecule has 5 nitrogen and oxygen atoms in total. The summed E-state index contributed by atoms with van der Waals surface area (Å²) >= 11 is 7.65. The fourth-order valence-corrected chi connectivity index (χ4v) is 3.90. The van der Waals surface area contributed by atoms with E-state index in [2.05, 4.69) is 14.4 Å². The van der Waals surface area contributed by atoms with Crippen LogP contribution in [0.3, 0.4) is 0 Å². The second-order valence-corrected chi connectivity index (χ2v) is 7.52. The Balaban J connectivity index is 1.92. The van der Waals surface area contributed by atoms with Gasteiger partial charge < -0.3 is 0 Å². The number of aromatic nitrogens is 1. The van der Waals surface area contributed by atoms with E-state index in [0.29, 0.717) is 24.5 Å². The van der Waals surface area contributed by atoms with Gasteiger partial charge in [0, 0.05) is 30.5 Å². The van der Waals surface area contributed by atoms with Crippen molar-refractivity contribution in [1.29, 1.82) is 0 Å². The van der Waals surface area contributed by atoms with E-state index in [1.165, 1.54) is 11.3 Å². The van der Waals surface area contributed by atoms with Crippen LogP contribution in [-0.4, -0.2) is 26.5 Å². The molecule has 0 bridgehead atoms. The van der Waals surface area contributed by atoms with Gasteiger partial charge in [-0.2, -0.15) is 8.42 Å². The number of nitrogens with one attached hydrogen (secondary N) is 2. The highest BCUT2D eigenvalue weighted by atomic mass is 35.5. The molecular formula is C14H18ClN3O2S2. The van der Waals surface area contributed by atoms with Gasteiger partial charge in [-0.15, -0.1) is 11.3 Å². The first kappa shape index (κ1) is 17.4. The molecule has 0 atom stereocenters. The summed E-state index contributed by atoms with van der Waals surface area (Å²) in [6.07, 6.45) is 1.29. The van der Waals surface area contributed by atoms with E-state index >= 15 is 0 Å². The molecule has 1 aromatic carbocycles. The van der Waals surface area contributed by atoms with E-state index in [1.54, 1.807) is 0 Å². The molecule has 0 aliphatic heterocycles. The highest BCUT2D eigenvalue weighted by molar-refractivity contribution is 7.87. The Kier molecular flexibility index (Phi) is 6.34. The van der Waals surface area contributed by atoms with Crippen LogP contribution in [0.2, 0.25) is 5.02 Å². The molecule has 2 N–H and O–H groups in total. The molecular weight excluding hydrogens is 342 g/mol. The highest BCUT2D eigenvalue weighted by Crippen LogP contribution is 2.30. The summed E-state index contributed by atoms with van der Waals surface area (Å²) in [5.74, 6) is 0. The summed E-state index contributed by atoms with van der Waals surface area (Å²) in [7, 11) is -3.41. The van der Waals surface area contributed by atoms with Gasteiger partial charge in [0.05, 0.1) is 10.7 Å². The maximum Gasteiger partial charge on any atom is 0.276 e. The predicted molar refractivity (Wildman–Crippen MR) is 91.5 cm³/mol. The molecule has 2 rings (SSSR count). The molecule has 0 spiro atoms. The van der Waals surface area contributed by atoms with E-state index in [9.17, 15) is 8.42 Å². The van der Waals surface area contributed by atoms with Crippen LogP contribution in [0.1, 0.15) is 19.0 Å². The molecule has 0 saturated heterocycles. The minimum absolute atomic E-state index is 0.310. The lowest BCUT2D eigenvalue weighted by molar-refractivity contribution is 0.565. The van der Waals surface area contributed by atoms with E-state index in [0.717, 1.165) is 22.7 Å². The van der Waals surface area contributed by atoms with Gasteiger partial charge in [-0.1, -0.05) is 36.7 Å². The van der Waals surface area contributed by atoms with Gasteiger partial charge >= 0.3 is 0 Å². The van der Waals surface area contributed by atoms with E-state index in [4.69, 9.17) is 11.6 Å². The molecule has 0 amide bonds. The average Bonchev–Trinajstić information content (AvgIpc) is 2.94. The third-order valence-corrected chi connectivity index (χ3v) is 5.29. The van der Waals surface area contributed by atoms with Crippen molar-refractivity contribution in [3.05, 3.63) is 40.4 Å². The summed E-state index contributed by atoms with van der Waals surface area (Å²) in [5, 5.41) is 3.42. The quantitative estimate of drug-likeness (QED) is 0.761. The average molecular weight is 360 g/mol. The first-order valence-electron chi connectivity index (χ1n) is 6.95. The van der Waals surface area contributed by atoms with E-state index in [-0.39, 0.29) is 0 Å². The number of nitrogens with zero attached hydrogens (tertiary/aromatic N) is 1. The number of hydrogen-bond donors (Lipinski definition) is 2. The molecule has 8 heteroatoms. The van der Waals surface area contributed by atoms with E-state index in [1.807, 2.05) is 36.6 Å². The lowest BCUT2D eigenvalue weighted by Crippen LogP contribution is -2.37. The zero-order valence-electron chi connectivity index (χ0n) is 12.2. The first-order chi connectivity index (χ1) is 10.5. The van der Waals surface area contributed by atoms with Crippen LogP contribution in [0.5, 0.6) is 0 Å². The summed E-state index contributed by atoms with van der Waals surface area (Å²) < 4.78 is 28.1. The second kappa shape index (κ2) is 8.03. The maximum atomic E-state index is 11.6. The molecule has 0 aliphatic carbocycles. The van der Waals surface area contributed by atoms with Gasteiger partial charge in [0.2, 0.25) is 0 Å². The lowest BCUT2D eigenvalue weighted by Gasteiger charge is -2.06. The Morgan fingerprint density at radius 1 is 1.23 bits per heavy atom. The number of thiazole rings is 1. The number of halogens is 1. The van der Waals surface area contributed by atoms with Gasteiger partial charge in [0.15, 0.2) is 0 Å². The monoisotopic (exact) mass is 359 g/mol. The fraction of sp³-hybridized carbons (Fsp3) is 0.357. The van der Waals surface area contributed by atoms with Gasteiger partial charge in [-0.3, -0.25) is 0 Å². The molecule has 0 unspecified atom stereocenters. The second-order valence-electron chi connectivity index (χ2n) is 4.67. The summed E-state index contributed by atoms with van der Waals surface area (Å²) in [6, 6.07) is 7.53. The van der Waals surface area contributed by atoms with Crippen LogP contribution in [-0.2, 0) is 16.6 Å². The number of rotatable bonds is 8. The summed E-state index contributed by atoms with van der Waals surface area (Å²) in [6.45, 7) is 2.65. The molecule has 0 radical (unpaired) electrons. The van der Waals surface area contributed by atoms with Gasteiger partial charge in [-0.05, 0) is 12.5 Å². The Hall–Kier alpha value is -0.990. The molecule has 120 valence electrons. The predicted octanol–water partition coefficient (Wildman–Crippen LogP) is 2.84. The van der Waals surface area contributed by atoms with Gasteiger partial charge in [0.1, 0.15) is 5.01 Å². The van der Waals surface area contributed by atoms with Crippen molar-refractivity contribution in [2.24, 2.45) is 0 Å².